The highest BCUT2D eigenvalue weighted by Crippen LogP contribution is 2.28. The van der Waals surface area contributed by atoms with Crippen LogP contribution in [0.4, 0.5) is 5.69 Å². The van der Waals surface area contributed by atoms with Gasteiger partial charge in [-0.2, -0.15) is 0 Å². The normalized spacial score (nSPS) is 14.0. The van der Waals surface area contributed by atoms with Crippen molar-refractivity contribution in [1.82, 2.24) is 4.90 Å². The average Bonchev–Trinajstić information content (AvgIpc) is 2.67. The molecule has 1 heterocycles. The Kier molecular flexibility index (Phi) is 6.67. The predicted octanol–water partition coefficient (Wildman–Crippen LogP) is 2.54. The maximum atomic E-state index is 12.6. The molecule has 1 aliphatic heterocycles. The Labute approximate surface area is 154 Å². The first-order chi connectivity index (χ1) is 11.7. The highest BCUT2D eigenvalue weighted by Gasteiger charge is 2.23. The van der Waals surface area contributed by atoms with Crippen LogP contribution in [-0.2, 0) is 6.54 Å². The molecule has 6 heteroatoms. The molecule has 0 aromatic heterocycles. The van der Waals surface area contributed by atoms with Crippen molar-refractivity contribution >= 4 is 24.0 Å². The number of nitrogens with two attached hydrogens (primary N) is 1. The van der Waals surface area contributed by atoms with Gasteiger partial charge in [0.15, 0.2) is 0 Å². The number of ether oxygens (including phenoxy) is 1. The number of rotatable bonds is 4. The fourth-order valence-corrected chi connectivity index (χ4v) is 3.01. The summed E-state index contributed by atoms with van der Waals surface area (Å²) in [7, 11) is 1.68. The van der Waals surface area contributed by atoms with Crippen LogP contribution < -0.4 is 15.4 Å². The molecular weight excluding hydrogens is 338 g/mol. The first-order valence-electron chi connectivity index (χ1n) is 8.19. The van der Waals surface area contributed by atoms with Gasteiger partial charge in [0.1, 0.15) is 5.75 Å². The minimum atomic E-state index is 0. The summed E-state index contributed by atoms with van der Waals surface area (Å²) < 4.78 is 5.43. The lowest BCUT2D eigenvalue weighted by molar-refractivity contribution is 0.0746. The Bertz CT molecular complexity index is 698. The number of methoxy groups -OCH3 is 1. The molecule has 2 N–H and O–H groups in total. The van der Waals surface area contributed by atoms with Crippen LogP contribution in [0.1, 0.15) is 15.9 Å². The number of para-hydroxylation sites is 2. The molecule has 0 atom stereocenters. The summed E-state index contributed by atoms with van der Waals surface area (Å²) in [5.74, 6) is 0.952. The lowest BCUT2D eigenvalue weighted by Crippen LogP contribution is -2.48. The van der Waals surface area contributed by atoms with Gasteiger partial charge in [0.05, 0.1) is 12.8 Å². The highest BCUT2D eigenvalue weighted by molar-refractivity contribution is 5.94. The lowest BCUT2D eigenvalue weighted by Gasteiger charge is -2.36. The van der Waals surface area contributed by atoms with Crippen LogP contribution in [0.25, 0.3) is 0 Å². The van der Waals surface area contributed by atoms with E-state index in [1.54, 1.807) is 7.11 Å². The number of carbonyl (C=O) groups excluding carboxylic acids is 1. The smallest absolute Gasteiger partial charge is 0.253 e. The van der Waals surface area contributed by atoms with Gasteiger partial charge in [-0.05, 0) is 29.8 Å². The Morgan fingerprint density at radius 3 is 2.28 bits per heavy atom. The van der Waals surface area contributed by atoms with Crippen molar-refractivity contribution in [3.63, 3.8) is 0 Å². The molecule has 3 rings (SSSR count). The zero-order valence-corrected chi connectivity index (χ0v) is 15.2. The molecule has 134 valence electrons. The zero-order valence-electron chi connectivity index (χ0n) is 14.4. The molecular formula is C19H24ClN3O2. The summed E-state index contributed by atoms with van der Waals surface area (Å²) in [4.78, 5) is 16.8. The van der Waals surface area contributed by atoms with E-state index in [2.05, 4.69) is 11.0 Å². The molecule has 2 aromatic carbocycles. The fraction of sp³-hybridized carbons (Fsp3) is 0.316. The molecule has 0 saturated carbocycles. The minimum absolute atomic E-state index is 0. The van der Waals surface area contributed by atoms with E-state index in [9.17, 15) is 4.79 Å². The molecule has 0 unspecified atom stereocenters. The second-order valence-corrected chi connectivity index (χ2v) is 5.85. The zero-order chi connectivity index (χ0) is 16.9. The number of hydrogen-bond donors (Lipinski definition) is 1. The average molecular weight is 362 g/mol. The predicted molar refractivity (Wildman–Crippen MR) is 103 cm³/mol. The minimum Gasteiger partial charge on any atom is -0.495 e. The molecule has 25 heavy (non-hydrogen) atoms. The van der Waals surface area contributed by atoms with Gasteiger partial charge in [0, 0.05) is 38.3 Å². The van der Waals surface area contributed by atoms with Crippen molar-refractivity contribution in [3.8, 4) is 5.75 Å². The number of benzene rings is 2. The van der Waals surface area contributed by atoms with Crippen molar-refractivity contribution in [1.29, 1.82) is 0 Å². The largest absolute Gasteiger partial charge is 0.495 e. The van der Waals surface area contributed by atoms with Crippen molar-refractivity contribution < 1.29 is 9.53 Å². The Hall–Kier alpha value is -2.24. The molecule has 1 aliphatic rings. The van der Waals surface area contributed by atoms with Gasteiger partial charge < -0.3 is 20.3 Å². The van der Waals surface area contributed by atoms with E-state index < -0.39 is 0 Å². The molecule has 1 amide bonds. The van der Waals surface area contributed by atoms with Gasteiger partial charge in [-0.3, -0.25) is 4.79 Å². The number of nitrogens with zero attached hydrogens (tertiary/aromatic N) is 2. The molecule has 0 aliphatic carbocycles. The van der Waals surface area contributed by atoms with E-state index in [1.807, 2.05) is 47.4 Å². The van der Waals surface area contributed by atoms with Crippen molar-refractivity contribution in [2.24, 2.45) is 5.73 Å². The van der Waals surface area contributed by atoms with Crippen molar-refractivity contribution in [2.45, 2.75) is 6.54 Å². The van der Waals surface area contributed by atoms with Crippen molar-refractivity contribution in [2.75, 3.05) is 38.2 Å². The van der Waals surface area contributed by atoms with Crippen LogP contribution in [0.15, 0.2) is 48.5 Å². The van der Waals surface area contributed by atoms with Gasteiger partial charge in [0.2, 0.25) is 0 Å². The number of amides is 1. The van der Waals surface area contributed by atoms with Crippen LogP contribution in [0, 0.1) is 0 Å². The molecule has 1 fully saturated rings. The summed E-state index contributed by atoms with van der Waals surface area (Å²) in [5.41, 5.74) is 8.44. The van der Waals surface area contributed by atoms with Gasteiger partial charge in [-0.25, -0.2) is 0 Å². The standard InChI is InChI=1S/C19H23N3O2.ClH/c1-24-18-5-3-2-4-17(18)21-10-12-22(13-11-21)19(23)16-8-6-15(14-20)7-9-16;/h2-9H,10-14,20H2,1H3;1H. The quantitative estimate of drug-likeness (QED) is 0.909. The summed E-state index contributed by atoms with van der Waals surface area (Å²) >= 11 is 0. The first kappa shape index (κ1) is 19.1. The number of piperazine rings is 1. The third kappa shape index (κ3) is 4.24. The molecule has 2 aromatic rings. The van der Waals surface area contributed by atoms with E-state index in [0.29, 0.717) is 19.6 Å². The Morgan fingerprint density at radius 1 is 1.04 bits per heavy atom. The summed E-state index contributed by atoms with van der Waals surface area (Å²) in [5, 5.41) is 0. The number of hydrogen-bond acceptors (Lipinski definition) is 4. The second-order valence-electron chi connectivity index (χ2n) is 5.85. The monoisotopic (exact) mass is 361 g/mol. The third-order valence-corrected chi connectivity index (χ3v) is 4.43. The number of carbonyl (C=O) groups is 1. The molecule has 5 nitrogen and oxygen atoms in total. The highest BCUT2D eigenvalue weighted by atomic mass is 35.5. The summed E-state index contributed by atoms with van der Waals surface area (Å²) in [6, 6.07) is 15.5. The molecule has 0 radical (unpaired) electrons. The van der Waals surface area contributed by atoms with Gasteiger partial charge in [0.25, 0.3) is 5.91 Å². The molecule has 1 saturated heterocycles. The summed E-state index contributed by atoms with van der Waals surface area (Å²) in [6.07, 6.45) is 0. The van der Waals surface area contributed by atoms with Crippen LogP contribution in [0.5, 0.6) is 5.75 Å². The van der Waals surface area contributed by atoms with E-state index in [1.165, 1.54) is 0 Å². The topological polar surface area (TPSA) is 58.8 Å². The lowest BCUT2D eigenvalue weighted by atomic mass is 10.1. The fourth-order valence-electron chi connectivity index (χ4n) is 3.01. The molecule has 0 spiro atoms. The van der Waals surface area contributed by atoms with E-state index >= 15 is 0 Å². The maximum Gasteiger partial charge on any atom is 0.253 e. The molecule has 0 bridgehead atoms. The van der Waals surface area contributed by atoms with Crippen LogP contribution in [-0.4, -0.2) is 44.1 Å². The van der Waals surface area contributed by atoms with E-state index in [4.69, 9.17) is 10.5 Å². The second kappa shape index (κ2) is 8.74. The summed E-state index contributed by atoms with van der Waals surface area (Å²) in [6.45, 7) is 3.50. The third-order valence-electron chi connectivity index (χ3n) is 4.43. The Morgan fingerprint density at radius 2 is 1.68 bits per heavy atom. The van der Waals surface area contributed by atoms with Crippen LogP contribution in [0.2, 0.25) is 0 Å². The van der Waals surface area contributed by atoms with E-state index in [0.717, 1.165) is 35.7 Å². The first-order valence-corrected chi connectivity index (χ1v) is 8.19. The van der Waals surface area contributed by atoms with Gasteiger partial charge >= 0.3 is 0 Å². The number of anilines is 1. The van der Waals surface area contributed by atoms with Crippen LogP contribution >= 0.6 is 12.4 Å². The van der Waals surface area contributed by atoms with Crippen molar-refractivity contribution in [3.05, 3.63) is 59.7 Å². The maximum absolute atomic E-state index is 12.6. The van der Waals surface area contributed by atoms with Gasteiger partial charge in [-0.1, -0.05) is 24.3 Å². The Balaban J connectivity index is 0.00000225. The van der Waals surface area contributed by atoms with Gasteiger partial charge in [-0.15, -0.1) is 12.4 Å². The van der Waals surface area contributed by atoms with E-state index in [-0.39, 0.29) is 18.3 Å². The number of halogens is 1. The van der Waals surface area contributed by atoms with Crippen LogP contribution in [0.3, 0.4) is 0 Å². The SMILES string of the molecule is COc1ccccc1N1CCN(C(=O)c2ccc(CN)cc2)CC1.Cl.